The van der Waals surface area contributed by atoms with Gasteiger partial charge < -0.3 is 19.7 Å². The van der Waals surface area contributed by atoms with Crippen LogP contribution in [-0.4, -0.2) is 62.9 Å². The van der Waals surface area contributed by atoms with Crippen molar-refractivity contribution in [3.8, 4) is 0 Å². The first kappa shape index (κ1) is 14.8. The van der Waals surface area contributed by atoms with Gasteiger partial charge in [-0.3, -0.25) is 4.79 Å². The summed E-state index contributed by atoms with van der Waals surface area (Å²) in [5.74, 6) is -0.127. The SMILES string of the molecule is CNC1(C(=O)OC)CCC(N(C)C2CCOCC2)C1. The second-order valence-corrected chi connectivity index (χ2v) is 5.73. The van der Waals surface area contributed by atoms with Crippen molar-refractivity contribution in [2.75, 3.05) is 34.4 Å². The van der Waals surface area contributed by atoms with Gasteiger partial charge in [-0.2, -0.15) is 0 Å². The van der Waals surface area contributed by atoms with Crippen molar-refractivity contribution in [2.45, 2.75) is 49.7 Å². The molecule has 2 rings (SSSR count). The molecule has 1 saturated heterocycles. The first-order chi connectivity index (χ1) is 9.13. The zero-order valence-corrected chi connectivity index (χ0v) is 12.3. The van der Waals surface area contributed by atoms with Crippen molar-refractivity contribution in [1.29, 1.82) is 0 Å². The van der Waals surface area contributed by atoms with Crippen LogP contribution in [-0.2, 0) is 14.3 Å². The number of nitrogens with one attached hydrogen (secondary N) is 1. The van der Waals surface area contributed by atoms with Crippen molar-refractivity contribution in [1.82, 2.24) is 10.2 Å². The van der Waals surface area contributed by atoms with Gasteiger partial charge in [0.25, 0.3) is 0 Å². The van der Waals surface area contributed by atoms with E-state index in [9.17, 15) is 4.79 Å². The van der Waals surface area contributed by atoms with Gasteiger partial charge >= 0.3 is 5.97 Å². The molecule has 1 saturated carbocycles. The van der Waals surface area contributed by atoms with Crippen molar-refractivity contribution >= 4 is 5.97 Å². The summed E-state index contributed by atoms with van der Waals surface area (Å²) in [6, 6.07) is 1.04. The molecule has 2 fully saturated rings. The Morgan fingerprint density at radius 3 is 2.58 bits per heavy atom. The minimum absolute atomic E-state index is 0.127. The van der Waals surface area contributed by atoms with Crippen molar-refractivity contribution in [2.24, 2.45) is 0 Å². The Morgan fingerprint density at radius 2 is 2.00 bits per heavy atom. The standard InChI is InChI=1S/C14H26N2O3/c1-15-14(13(17)18-3)7-4-12(10-14)16(2)11-5-8-19-9-6-11/h11-12,15H,4-10H2,1-3H3. The highest BCUT2D eigenvalue weighted by Gasteiger charge is 2.47. The summed E-state index contributed by atoms with van der Waals surface area (Å²) < 4.78 is 10.4. The summed E-state index contributed by atoms with van der Waals surface area (Å²) in [6.07, 6.45) is 4.93. The van der Waals surface area contributed by atoms with Gasteiger partial charge in [0.1, 0.15) is 5.54 Å². The van der Waals surface area contributed by atoms with Gasteiger partial charge in [0, 0.05) is 25.3 Å². The lowest BCUT2D eigenvalue weighted by Crippen LogP contribution is -2.51. The zero-order valence-electron chi connectivity index (χ0n) is 12.3. The molecular formula is C14H26N2O3. The number of hydrogen-bond donors (Lipinski definition) is 1. The smallest absolute Gasteiger partial charge is 0.326 e. The topological polar surface area (TPSA) is 50.8 Å². The number of rotatable bonds is 4. The average Bonchev–Trinajstić information content (AvgIpc) is 2.92. The highest BCUT2D eigenvalue weighted by molar-refractivity contribution is 5.81. The lowest BCUT2D eigenvalue weighted by Gasteiger charge is -2.36. The second kappa shape index (κ2) is 6.20. The Bertz CT molecular complexity index is 318. The fourth-order valence-corrected chi connectivity index (χ4v) is 3.47. The second-order valence-electron chi connectivity index (χ2n) is 5.73. The maximum absolute atomic E-state index is 12.0. The number of likely N-dealkylation sites (N-methyl/N-ethyl adjacent to an activating group) is 1. The van der Waals surface area contributed by atoms with Crippen LogP contribution < -0.4 is 5.32 Å². The van der Waals surface area contributed by atoms with Gasteiger partial charge in [0.15, 0.2) is 0 Å². The fourth-order valence-electron chi connectivity index (χ4n) is 3.47. The number of carbonyl (C=O) groups is 1. The summed E-state index contributed by atoms with van der Waals surface area (Å²) in [5.41, 5.74) is -0.487. The molecule has 2 atom stereocenters. The van der Waals surface area contributed by atoms with E-state index in [4.69, 9.17) is 9.47 Å². The van der Waals surface area contributed by atoms with E-state index in [0.29, 0.717) is 12.1 Å². The van der Waals surface area contributed by atoms with Gasteiger partial charge in [-0.1, -0.05) is 0 Å². The van der Waals surface area contributed by atoms with E-state index in [1.807, 2.05) is 7.05 Å². The third-order valence-corrected chi connectivity index (χ3v) is 4.89. The van der Waals surface area contributed by atoms with Crippen LogP contribution in [0.2, 0.25) is 0 Å². The van der Waals surface area contributed by atoms with Crippen LogP contribution in [0.5, 0.6) is 0 Å². The number of ether oxygens (including phenoxy) is 2. The molecule has 0 radical (unpaired) electrons. The molecule has 0 spiro atoms. The molecule has 0 amide bonds. The van der Waals surface area contributed by atoms with E-state index in [1.54, 1.807) is 0 Å². The minimum Gasteiger partial charge on any atom is -0.468 e. The lowest BCUT2D eigenvalue weighted by molar-refractivity contribution is -0.148. The lowest BCUT2D eigenvalue weighted by atomic mass is 9.97. The third kappa shape index (κ3) is 2.93. The Morgan fingerprint density at radius 1 is 1.32 bits per heavy atom. The predicted octanol–water partition coefficient (Wildman–Crippen LogP) is 0.781. The van der Waals surface area contributed by atoms with Crippen molar-refractivity contribution in [3.63, 3.8) is 0 Å². The zero-order chi connectivity index (χ0) is 13.9. The largest absolute Gasteiger partial charge is 0.468 e. The molecule has 1 heterocycles. The molecule has 0 aromatic rings. The molecule has 1 N–H and O–H groups in total. The normalized spacial score (nSPS) is 32.7. The highest BCUT2D eigenvalue weighted by Crippen LogP contribution is 2.35. The minimum atomic E-state index is -0.487. The van der Waals surface area contributed by atoms with E-state index < -0.39 is 5.54 Å². The molecule has 19 heavy (non-hydrogen) atoms. The summed E-state index contributed by atoms with van der Waals surface area (Å²) in [6.45, 7) is 1.71. The molecule has 2 aliphatic rings. The fraction of sp³-hybridized carbons (Fsp3) is 0.929. The van der Waals surface area contributed by atoms with Crippen LogP contribution in [0.15, 0.2) is 0 Å². The van der Waals surface area contributed by atoms with Gasteiger partial charge in [-0.15, -0.1) is 0 Å². The van der Waals surface area contributed by atoms with E-state index in [0.717, 1.165) is 45.3 Å². The maximum Gasteiger partial charge on any atom is 0.326 e. The van der Waals surface area contributed by atoms with E-state index >= 15 is 0 Å². The highest BCUT2D eigenvalue weighted by atomic mass is 16.5. The molecule has 0 bridgehead atoms. The van der Waals surface area contributed by atoms with Gasteiger partial charge in [0.2, 0.25) is 0 Å². The maximum atomic E-state index is 12.0. The molecular weight excluding hydrogens is 244 g/mol. The molecule has 2 unspecified atom stereocenters. The molecule has 5 nitrogen and oxygen atoms in total. The quantitative estimate of drug-likeness (QED) is 0.765. The van der Waals surface area contributed by atoms with E-state index in [-0.39, 0.29) is 5.97 Å². The van der Waals surface area contributed by atoms with Crippen molar-refractivity contribution < 1.29 is 14.3 Å². The summed E-state index contributed by atoms with van der Waals surface area (Å²) in [7, 11) is 5.51. The number of esters is 1. The number of nitrogens with zero attached hydrogens (tertiary/aromatic N) is 1. The molecule has 0 aromatic carbocycles. The van der Waals surface area contributed by atoms with Gasteiger partial charge in [-0.05, 0) is 46.2 Å². The van der Waals surface area contributed by atoms with Gasteiger partial charge in [0.05, 0.1) is 7.11 Å². The predicted molar refractivity (Wildman–Crippen MR) is 73.0 cm³/mol. The Kier molecular flexibility index (Phi) is 4.81. The van der Waals surface area contributed by atoms with Crippen LogP contribution in [0, 0.1) is 0 Å². The molecule has 110 valence electrons. The average molecular weight is 270 g/mol. The molecule has 1 aliphatic carbocycles. The molecule has 1 aliphatic heterocycles. The summed E-state index contributed by atoms with van der Waals surface area (Å²) in [4.78, 5) is 14.4. The monoisotopic (exact) mass is 270 g/mol. The first-order valence-electron chi connectivity index (χ1n) is 7.20. The van der Waals surface area contributed by atoms with Crippen LogP contribution in [0.3, 0.4) is 0 Å². The number of methoxy groups -OCH3 is 1. The molecule has 0 aromatic heterocycles. The Hall–Kier alpha value is -0.650. The van der Waals surface area contributed by atoms with Crippen LogP contribution in [0.1, 0.15) is 32.1 Å². The van der Waals surface area contributed by atoms with E-state index in [2.05, 4.69) is 17.3 Å². The Balaban J connectivity index is 1.98. The van der Waals surface area contributed by atoms with Crippen LogP contribution in [0.25, 0.3) is 0 Å². The Labute approximate surface area is 115 Å². The summed E-state index contributed by atoms with van der Waals surface area (Å²) >= 11 is 0. The van der Waals surface area contributed by atoms with E-state index in [1.165, 1.54) is 7.11 Å². The third-order valence-electron chi connectivity index (χ3n) is 4.89. The van der Waals surface area contributed by atoms with Crippen molar-refractivity contribution in [3.05, 3.63) is 0 Å². The molecule has 5 heteroatoms. The van der Waals surface area contributed by atoms with Crippen LogP contribution in [0.4, 0.5) is 0 Å². The number of hydrogen-bond acceptors (Lipinski definition) is 5. The number of carbonyl (C=O) groups excluding carboxylic acids is 1. The van der Waals surface area contributed by atoms with Crippen LogP contribution >= 0.6 is 0 Å². The first-order valence-corrected chi connectivity index (χ1v) is 7.20. The summed E-state index contributed by atoms with van der Waals surface area (Å²) in [5, 5.41) is 3.19. The van der Waals surface area contributed by atoms with Gasteiger partial charge in [-0.25, -0.2) is 0 Å².